The van der Waals surface area contributed by atoms with E-state index < -0.39 is 12.5 Å². The standard InChI is InChI=1S/C22H27F3N2O3/c1-4-27(15(2)3)14-16-5-7-18(8-6-16)21(29)26-13-20(28)17-9-11-19(12-10-17)30-22(23,24)25/h5-12,15,20,28H,4,13-14H2,1-3H3,(H,26,29). The monoisotopic (exact) mass is 424 g/mol. The van der Waals surface area contributed by atoms with Crippen molar-refractivity contribution in [2.45, 2.75) is 45.8 Å². The number of nitrogens with zero attached hydrogens (tertiary/aromatic N) is 1. The number of aliphatic hydroxyl groups excluding tert-OH is 1. The molecule has 8 heteroatoms. The van der Waals surface area contributed by atoms with Crippen LogP contribution in [0.3, 0.4) is 0 Å². The lowest BCUT2D eigenvalue weighted by atomic mass is 10.1. The Morgan fingerprint density at radius 3 is 2.20 bits per heavy atom. The van der Waals surface area contributed by atoms with Crippen LogP contribution in [0.2, 0.25) is 0 Å². The number of carbonyl (C=O) groups is 1. The molecule has 0 heterocycles. The largest absolute Gasteiger partial charge is 0.573 e. The van der Waals surface area contributed by atoms with E-state index in [1.54, 1.807) is 12.1 Å². The molecule has 1 unspecified atom stereocenters. The third kappa shape index (κ3) is 7.35. The van der Waals surface area contributed by atoms with Crippen molar-refractivity contribution in [1.82, 2.24) is 10.2 Å². The van der Waals surface area contributed by atoms with Gasteiger partial charge in [-0.05, 0) is 55.8 Å². The summed E-state index contributed by atoms with van der Waals surface area (Å²) < 4.78 is 40.4. The van der Waals surface area contributed by atoms with Gasteiger partial charge in [-0.25, -0.2) is 0 Å². The van der Waals surface area contributed by atoms with Crippen LogP contribution in [0.25, 0.3) is 0 Å². The number of hydrogen-bond donors (Lipinski definition) is 2. The van der Waals surface area contributed by atoms with Gasteiger partial charge in [0.2, 0.25) is 0 Å². The number of rotatable bonds is 9. The summed E-state index contributed by atoms with van der Waals surface area (Å²) in [6, 6.07) is 12.6. The first kappa shape index (κ1) is 23.7. The number of amides is 1. The summed E-state index contributed by atoms with van der Waals surface area (Å²) in [4.78, 5) is 14.6. The number of carbonyl (C=O) groups excluding carboxylic acids is 1. The molecular weight excluding hydrogens is 397 g/mol. The Morgan fingerprint density at radius 1 is 1.10 bits per heavy atom. The molecule has 2 aromatic rings. The lowest BCUT2D eigenvalue weighted by molar-refractivity contribution is -0.274. The van der Waals surface area contributed by atoms with Crippen LogP contribution in [0.1, 0.15) is 48.4 Å². The van der Waals surface area contributed by atoms with Crippen molar-refractivity contribution >= 4 is 5.91 Å². The predicted molar refractivity (Wildman–Crippen MR) is 108 cm³/mol. The van der Waals surface area contributed by atoms with Gasteiger partial charge in [0.15, 0.2) is 0 Å². The lowest BCUT2D eigenvalue weighted by Gasteiger charge is -2.24. The van der Waals surface area contributed by atoms with Crippen LogP contribution in [0.15, 0.2) is 48.5 Å². The Morgan fingerprint density at radius 2 is 1.70 bits per heavy atom. The van der Waals surface area contributed by atoms with E-state index in [-0.39, 0.29) is 18.2 Å². The second kappa shape index (κ2) is 10.4. The average Bonchev–Trinajstić information content (AvgIpc) is 2.69. The lowest BCUT2D eigenvalue weighted by Crippen LogP contribution is -2.30. The number of benzene rings is 2. The maximum absolute atomic E-state index is 12.3. The molecule has 0 aliphatic carbocycles. The van der Waals surface area contributed by atoms with E-state index in [9.17, 15) is 23.1 Å². The van der Waals surface area contributed by atoms with Gasteiger partial charge in [0.1, 0.15) is 5.75 Å². The molecule has 5 nitrogen and oxygen atoms in total. The van der Waals surface area contributed by atoms with E-state index in [0.29, 0.717) is 17.2 Å². The summed E-state index contributed by atoms with van der Waals surface area (Å²) >= 11 is 0. The maximum Gasteiger partial charge on any atom is 0.573 e. The van der Waals surface area contributed by atoms with Crippen LogP contribution in [-0.2, 0) is 6.54 Å². The molecule has 0 fully saturated rings. The van der Waals surface area contributed by atoms with E-state index in [1.807, 2.05) is 12.1 Å². The second-order valence-corrected chi connectivity index (χ2v) is 7.20. The molecule has 1 atom stereocenters. The predicted octanol–water partition coefficient (Wildman–Crippen LogP) is 4.28. The van der Waals surface area contributed by atoms with Crippen molar-refractivity contribution in [2.24, 2.45) is 0 Å². The molecule has 2 N–H and O–H groups in total. The van der Waals surface area contributed by atoms with Crippen LogP contribution in [-0.4, -0.2) is 41.4 Å². The fourth-order valence-corrected chi connectivity index (χ4v) is 2.96. The molecule has 164 valence electrons. The molecule has 2 rings (SSSR count). The molecule has 0 saturated carbocycles. The number of halogens is 3. The van der Waals surface area contributed by atoms with Crippen LogP contribution < -0.4 is 10.1 Å². The molecule has 30 heavy (non-hydrogen) atoms. The Kier molecular flexibility index (Phi) is 8.25. The summed E-state index contributed by atoms with van der Waals surface area (Å²) in [5.41, 5.74) is 1.93. The third-order valence-electron chi connectivity index (χ3n) is 4.69. The smallest absolute Gasteiger partial charge is 0.406 e. The van der Waals surface area contributed by atoms with Crippen LogP contribution in [0.4, 0.5) is 13.2 Å². The van der Waals surface area contributed by atoms with Crippen molar-refractivity contribution in [3.8, 4) is 5.75 Å². The molecule has 0 spiro atoms. The SMILES string of the molecule is CCN(Cc1ccc(C(=O)NCC(O)c2ccc(OC(F)(F)F)cc2)cc1)C(C)C. The van der Waals surface area contributed by atoms with Gasteiger partial charge in [-0.15, -0.1) is 13.2 Å². The number of alkyl halides is 3. The number of aliphatic hydroxyl groups is 1. The minimum absolute atomic E-state index is 0.0724. The number of hydrogen-bond acceptors (Lipinski definition) is 4. The van der Waals surface area contributed by atoms with Crippen LogP contribution in [0.5, 0.6) is 5.75 Å². The summed E-state index contributed by atoms with van der Waals surface area (Å²) in [6.07, 6.45) is -5.83. The molecule has 0 aromatic heterocycles. The Hall–Kier alpha value is -2.58. The Bertz CT molecular complexity index is 806. The zero-order chi connectivity index (χ0) is 22.3. The first-order valence-electron chi connectivity index (χ1n) is 9.74. The van der Waals surface area contributed by atoms with E-state index >= 15 is 0 Å². The van der Waals surface area contributed by atoms with Crippen LogP contribution >= 0.6 is 0 Å². The molecule has 0 radical (unpaired) electrons. The van der Waals surface area contributed by atoms with Gasteiger partial charge in [0.25, 0.3) is 5.91 Å². The highest BCUT2D eigenvalue weighted by molar-refractivity contribution is 5.94. The first-order valence-corrected chi connectivity index (χ1v) is 9.74. The number of ether oxygens (including phenoxy) is 1. The van der Waals surface area contributed by atoms with Crippen molar-refractivity contribution in [3.63, 3.8) is 0 Å². The topological polar surface area (TPSA) is 61.8 Å². The van der Waals surface area contributed by atoms with Gasteiger partial charge in [-0.2, -0.15) is 0 Å². The summed E-state index contributed by atoms with van der Waals surface area (Å²) in [7, 11) is 0. The van der Waals surface area contributed by atoms with Gasteiger partial charge >= 0.3 is 6.36 Å². The average molecular weight is 424 g/mol. The minimum atomic E-state index is -4.77. The van der Waals surface area contributed by atoms with E-state index in [2.05, 4.69) is 35.7 Å². The molecule has 0 saturated heterocycles. The summed E-state index contributed by atoms with van der Waals surface area (Å²) in [5.74, 6) is -0.712. The van der Waals surface area contributed by atoms with Crippen molar-refractivity contribution < 1.29 is 27.8 Å². The van der Waals surface area contributed by atoms with E-state index in [1.165, 1.54) is 12.1 Å². The van der Waals surface area contributed by atoms with Gasteiger partial charge in [-0.1, -0.05) is 31.2 Å². The maximum atomic E-state index is 12.3. The molecule has 2 aromatic carbocycles. The molecule has 0 bridgehead atoms. The van der Waals surface area contributed by atoms with Crippen molar-refractivity contribution in [3.05, 3.63) is 65.2 Å². The molecule has 0 aliphatic rings. The number of nitrogens with one attached hydrogen (secondary N) is 1. The quantitative estimate of drug-likeness (QED) is 0.631. The van der Waals surface area contributed by atoms with Gasteiger partial charge in [0.05, 0.1) is 6.10 Å². The highest BCUT2D eigenvalue weighted by Gasteiger charge is 2.31. The van der Waals surface area contributed by atoms with E-state index in [0.717, 1.165) is 30.8 Å². The van der Waals surface area contributed by atoms with Crippen molar-refractivity contribution in [1.29, 1.82) is 0 Å². The fraction of sp³-hybridized carbons (Fsp3) is 0.409. The zero-order valence-corrected chi connectivity index (χ0v) is 17.2. The summed E-state index contributed by atoms with van der Waals surface area (Å²) in [6.45, 7) is 8.02. The van der Waals surface area contributed by atoms with Gasteiger partial charge < -0.3 is 15.2 Å². The normalized spacial score (nSPS) is 12.8. The summed E-state index contributed by atoms with van der Waals surface area (Å²) in [5, 5.41) is 12.8. The van der Waals surface area contributed by atoms with Gasteiger partial charge in [-0.3, -0.25) is 9.69 Å². The third-order valence-corrected chi connectivity index (χ3v) is 4.69. The van der Waals surface area contributed by atoms with Crippen LogP contribution in [0, 0.1) is 0 Å². The minimum Gasteiger partial charge on any atom is -0.406 e. The van der Waals surface area contributed by atoms with Gasteiger partial charge in [0, 0.05) is 24.7 Å². The Labute approximate surface area is 174 Å². The van der Waals surface area contributed by atoms with Crippen molar-refractivity contribution in [2.75, 3.05) is 13.1 Å². The highest BCUT2D eigenvalue weighted by atomic mass is 19.4. The molecular formula is C22H27F3N2O3. The Balaban J connectivity index is 1.89. The highest BCUT2D eigenvalue weighted by Crippen LogP contribution is 2.24. The fourth-order valence-electron chi connectivity index (χ4n) is 2.96. The molecule has 0 aliphatic heterocycles. The second-order valence-electron chi connectivity index (χ2n) is 7.20. The van der Waals surface area contributed by atoms with E-state index in [4.69, 9.17) is 0 Å². The zero-order valence-electron chi connectivity index (χ0n) is 17.2. The first-order chi connectivity index (χ1) is 14.1. The molecule has 1 amide bonds.